The van der Waals surface area contributed by atoms with Crippen LogP contribution in [0.2, 0.25) is 0 Å². The molecule has 1 aromatic carbocycles. The molecule has 5 nitrogen and oxygen atoms in total. The molecular weight excluding hydrogens is 256 g/mol. The van der Waals surface area contributed by atoms with Gasteiger partial charge in [0.15, 0.2) is 0 Å². The molecule has 0 bridgehead atoms. The third kappa shape index (κ3) is 2.48. The molecule has 1 aromatic rings. The van der Waals surface area contributed by atoms with E-state index in [9.17, 15) is 4.79 Å². The number of ether oxygens (including phenoxy) is 1. The minimum Gasteiger partial charge on any atom is -0.497 e. The van der Waals surface area contributed by atoms with Crippen LogP contribution in [0.25, 0.3) is 0 Å². The molecule has 3 rings (SSSR count). The maximum absolute atomic E-state index is 12.2. The quantitative estimate of drug-likeness (QED) is 0.911. The fourth-order valence-corrected chi connectivity index (χ4v) is 2.17. The first-order valence-electron chi connectivity index (χ1n) is 6.81. The molecule has 5 heteroatoms. The van der Waals surface area contributed by atoms with Crippen LogP contribution in [0, 0.1) is 0 Å². The Morgan fingerprint density at radius 1 is 1.40 bits per heavy atom. The van der Waals surface area contributed by atoms with Crippen LogP contribution in [0.1, 0.15) is 31.7 Å². The van der Waals surface area contributed by atoms with Gasteiger partial charge in [-0.15, -0.1) is 0 Å². The highest BCUT2D eigenvalue weighted by Gasteiger charge is 2.43. The number of nitrogens with zero attached hydrogens (tertiary/aromatic N) is 1. The van der Waals surface area contributed by atoms with Crippen LogP contribution in [0.4, 0.5) is 0 Å². The Kier molecular flexibility index (Phi) is 3.12. The van der Waals surface area contributed by atoms with E-state index in [-0.39, 0.29) is 5.91 Å². The number of nitrogens with one attached hydrogen (secondary N) is 1. The number of carbonyl (C=O) groups is 1. The number of carbonyl (C=O) groups excluding carboxylic acids is 1. The van der Waals surface area contributed by atoms with Crippen molar-refractivity contribution in [1.29, 1.82) is 0 Å². The molecule has 1 unspecified atom stereocenters. The molecule has 106 valence electrons. The van der Waals surface area contributed by atoms with Crippen LogP contribution in [0.3, 0.4) is 0 Å². The second kappa shape index (κ2) is 4.81. The summed E-state index contributed by atoms with van der Waals surface area (Å²) in [6.07, 6.45) is 2.61. The highest BCUT2D eigenvalue weighted by molar-refractivity contribution is 6.05. The van der Waals surface area contributed by atoms with Crippen molar-refractivity contribution in [2.45, 2.75) is 37.8 Å². The zero-order chi connectivity index (χ0) is 14.2. The Morgan fingerprint density at radius 2 is 2.10 bits per heavy atom. The van der Waals surface area contributed by atoms with Gasteiger partial charge in [0, 0.05) is 12.5 Å². The summed E-state index contributed by atoms with van der Waals surface area (Å²) in [4.78, 5) is 17.6. The third-order valence-electron chi connectivity index (χ3n) is 3.68. The van der Waals surface area contributed by atoms with Crippen LogP contribution < -0.4 is 10.1 Å². The van der Waals surface area contributed by atoms with Gasteiger partial charge in [-0.1, -0.05) is 5.16 Å². The Labute approximate surface area is 117 Å². The second-order valence-corrected chi connectivity index (χ2v) is 5.51. The van der Waals surface area contributed by atoms with Crippen molar-refractivity contribution in [3.8, 4) is 5.75 Å². The number of rotatable bonds is 4. The summed E-state index contributed by atoms with van der Waals surface area (Å²) < 4.78 is 5.13. The highest BCUT2D eigenvalue weighted by atomic mass is 16.7. The predicted molar refractivity (Wildman–Crippen MR) is 74.8 cm³/mol. The van der Waals surface area contributed by atoms with Gasteiger partial charge in [-0.25, -0.2) is 0 Å². The van der Waals surface area contributed by atoms with E-state index in [1.165, 1.54) is 0 Å². The summed E-state index contributed by atoms with van der Waals surface area (Å²) in [5.41, 5.74) is 0.854. The van der Waals surface area contributed by atoms with Crippen molar-refractivity contribution >= 4 is 11.6 Å². The van der Waals surface area contributed by atoms with Gasteiger partial charge in [0.25, 0.3) is 5.91 Å². The summed E-state index contributed by atoms with van der Waals surface area (Å²) in [5, 5.41) is 7.05. The van der Waals surface area contributed by atoms with Crippen molar-refractivity contribution in [1.82, 2.24) is 5.32 Å². The van der Waals surface area contributed by atoms with E-state index in [0.29, 0.717) is 12.5 Å². The molecule has 20 heavy (non-hydrogen) atoms. The Morgan fingerprint density at radius 3 is 2.70 bits per heavy atom. The molecule has 1 fully saturated rings. The van der Waals surface area contributed by atoms with Crippen molar-refractivity contribution in [2.75, 3.05) is 7.11 Å². The zero-order valence-electron chi connectivity index (χ0n) is 11.7. The van der Waals surface area contributed by atoms with Gasteiger partial charge < -0.3 is 14.9 Å². The Bertz CT molecular complexity index is 549. The van der Waals surface area contributed by atoms with Crippen molar-refractivity contribution in [3.63, 3.8) is 0 Å². The Hall–Kier alpha value is -2.04. The van der Waals surface area contributed by atoms with E-state index in [1.54, 1.807) is 14.0 Å². The molecule has 0 radical (unpaired) electrons. The lowest BCUT2D eigenvalue weighted by atomic mass is 9.95. The fourth-order valence-electron chi connectivity index (χ4n) is 2.17. The maximum atomic E-state index is 12.2. The molecule has 1 aliphatic heterocycles. The van der Waals surface area contributed by atoms with Crippen LogP contribution in [-0.4, -0.2) is 30.4 Å². The SMILES string of the molecule is COc1ccc(C2=NOC(C)(C(=O)NC3CC3)C2)cc1. The fraction of sp³-hybridized carbons (Fsp3) is 0.467. The van der Waals surface area contributed by atoms with Gasteiger partial charge in [0.1, 0.15) is 5.75 Å². The van der Waals surface area contributed by atoms with Gasteiger partial charge in [0.05, 0.1) is 12.8 Å². The van der Waals surface area contributed by atoms with Crippen LogP contribution in [-0.2, 0) is 9.63 Å². The molecule has 1 N–H and O–H groups in total. The predicted octanol–water partition coefficient (Wildman–Crippen LogP) is 1.86. The minimum absolute atomic E-state index is 0.0766. The van der Waals surface area contributed by atoms with Crippen molar-refractivity contribution in [2.24, 2.45) is 5.16 Å². The molecule has 1 amide bonds. The van der Waals surface area contributed by atoms with E-state index in [1.807, 2.05) is 24.3 Å². The van der Waals surface area contributed by atoms with E-state index in [0.717, 1.165) is 29.9 Å². The van der Waals surface area contributed by atoms with Crippen molar-refractivity contribution in [3.05, 3.63) is 29.8 Å². The molecule has 1 atom stereocenters. The first-order chi connectivity index (χ1) is 9.60. The number of methoxy groups -OCH3 is 1. The molecule has 0 aromatic heterocycles. The lowest BCUT2D eigenvalue weighted by molar-refractivity contribution is -0.141. The van der Waals surface area contributed by atoms with Gasteiger partial charge >= 0.3 is 0 Å². The summed E-state index contributed by atoms with van der Waals surface area (Å²) >= 11 is 0. The van der Waals surface area contributed by atoms with Crippen LogP contribution in [0.15, 0.2) is 29.4 Å². The summed E-state index contributed by atoms with van der Waals surface area (Å²) in [6, 6.07) is 7.92. The number of hydrogen-bond acceptors (Lipinski definition) is 4. The van der Waals surface area contributed by atoms with Gasteiger partial charge in [-0.3, -0.25) is 4.79 Å². The Balaban J connectivity index is 1.69. The number of hydrogen-bond donors (Lipinski definition) is 1. The van der Waals surface area contributed by atoms with Gasteiger partial charge in [0.2, 0.25) is 5.60 Å². The molecule has 1 aliphatic carbocycles. The van der Waals surface area contributed by atoms with E-state index >= 15 is 0 Å². The maximum Gasteiger partial charge on any atom is 0.267 e. The van der Waals surface area contributed by atoms with Crippen LogP contribution >= 0.6 is 0 Å². The first-order valence-corrected chi connectivity index (χ1v) is 6.81. The monoisotopic (exact) mass is 274 g/mol. The van der Waals surface area contributed by atoms with E-state index in [4.69, 9.17) is 9.57 Å². The zero-order valence-corrected chi connectivity index (χ0v) is 11.7. The first kappa shape index (κ1) is 13.0. The summed E-state index contributed by atoms with van der Waals surface area (Å²) in [7, 11) is 1.63. The molecular formula is C15H18N2O3. The van der Waals surface area contributed by atoms with Crippen LogP contribution in [0.5, 0.6) is 5.75 Å². The molecule has 1 heterocycles. The number of amides is 1. The average molecular weight is 274 g/mol. The third-order valence-corrected chi connectivity index (χ3v) is 3.68. The number of oxime groups is 1. The molecule has 0 spiro atoms. The van der Waals surface area contributed by atoms with E-state index in [2.05, 4.69) is 10.5 Å². The van der Waals surface area contributed by atoms with Crippen molar-refractivity contribution < 1.29 is 14.4 Å². The largest absolute Gasteiger partial charge is 0.497 e. The lowest BCUT2D eigenvalue weighted by Gasteiger charge is -2.20. The smallest absolute Gasteiger partial charge is 0.267 e. The molecule has 2 aliphatic rings. The molecule has 0 saturated heterocycles. The normalized spacial score (nSPS) is 24.8. The summed E-state index contributed by atoms with van der Waals surface area (Å²) in [5.74, 6) is 0.717. The molecule has 1 saturated carbocycles. The van der Waals surface area contributed by atoms with Gasteiger partial charge in [-0.05, 0) is 49.6 Å². The standard InChI is InChI=1S/C15H18N2O3/c1-15(14(18)16-11-5-6-11)9-13(17-20-15)10-3-7-12(19-2)8-4-10/h3-4,7-8,11H,5-6,9H2,1-2H3,(H,16,18). The minimum atomic E-state index is -0.891. The van der Waals surface area contributed by atoms with E-state index < -0.39 is 5.60 Å². The average Bonchev–Trinajstić information content (AvgIpc) is 3.19. The lowest BCUT2D eigenvalue weighted by Crippen LogP contribution is -2.45. The summed E-state index contributed by atoms with van der Waals surface area (Å²) in [6.45, 7) is 1.78. The van der Waals surface area contributed by atoms with Gasteiger partial charge in [-0.2, -0.15) is 0 Å². The second-order valence-electron chi connectivity index (χ2n) is 5.51. The highest BCUT2D eigenvalue weighted by Crippen LogP contribution is 2.29. The number of benzene rings is 1. The topological polar surface area (TPSA) is 59.9 Å².